The van der Waals surface area contributed by atoms with Crippen LogP contribution in [0.4, 0.5) is 13.2 Å². The molecule has 2 N–H and O–H groups in total. The van der Waals surface area contributed by atoms with E-state index in [1.165, 1.54) is 0 Å². The second-order valence-electron chi connectivity index (χ2n) is 6.07. The number of nitrogens with zero attached hydrogens (tertiary/aromatic N) is 1. The molecule has 0 radical (unpaired) electrons. The molecule has 0 aromatic rings. The monoisotopic (exact) mass is 310 g/mol. The van der Waals surface area contributed by atoms with Crippen molar-refractivity contribution in [2.45, 2.75) is 57.8 Å². The van der Waals surface area contributed by atoms with Gasteiger partial charge in [0.2, 0.25) is 0 Å². The number of alkyl halides is 3. The first kappa shape index (κ1) is 18.2. The van der Waals surface area contributed by atoms with Crippen LogP contribution in [0.5, 0.6) is 0 Å². The van der Waals surface area contributed by atoms with Crippen LogP contribution in [0.15, 0.2) is 0 Å². The van der Waals surface area contributed by atoms with Crippen molar-refractivity contribution < 1.29 is 23.1 Å². The zero-order valence-corrected chi connectivity index (χ0v) is 12.8. The van der Waals surface area contributed by atoms with Crippen LogP contribution >= 0.6 is 0 Å². The van der Waals surface area contributed by atoms with Crippen LogP contribution in [0.3, 0.4) is 0 Å². The number of piperidine rings is 1. The van der Waals surface area contributed by atoms with Crippen LogP contribution < -0.4 is 5.32 Å². The number of hydrogen-bond donors (Lipinski definition) is 2. The molecule has 1 heterocycles. The summed E-state index contributed by atoms with van der Waals surface area (Å²) in [4.78, 5) is 13.3. The second-order valence-corrected chi connectivity index (χ2v) is 6.07. The van der Waals surface area contributed by atoms with Crippen LogP contribution in [0, 0.1) is 5.92 Å². The quantitative estimate of drug-likeness (QED) is 0.791. The number of likely N-dealkylation sites (tertiary alicyclic amines) is 1. The molecule has 0 aromatic carbocycles. The maximum atomic E-state index is 12.6. The number of likely N-dealkylation sites (N-methyl/N-ethyl adjacent to an activating group) is 1. The Morgan fingerprint density at radius 3 is 2.29 bits per heavy atom. The lowest BCUT2D eigenvalue weighted by Crippen LogP contribution is -2.54. The maximum absolute atomic E-state index is 12.6. The minimum absolute atomic E-state index is 0.0701. The van der Waals surface area contributed by atoms with Gasteiger partial charge in [0, 0.05) is 6.04 Å². The normalized spacial score (nSPS) is 22.8. The van der Waals surface area contributed by atoms with Gasteiger partial charge in [-0.3, -0.25) is 4.79 Å². The standard InChI is InChI=1S/C14H25F3N2O2/c1-4-18-13(3,12(20)21)9-10(2)19-7-5-11(6-8-19)14(15,16)17/h10-11,18H,4-9H2,1-3H3,(H,20,21). The molecule has 1 fully saturated rings. The fourth-order valence-electron chi connectivity index (χ4n) is 3.01. The van der Waals surface area contributed by atoms with Gasteiger partial charge >= 0.3 is 12.1 Å². The van der Waals surface area contributed by atoms with E-state index in [1.807, 2.05) is 18.7 Å². The molecular formula is C14H25F3N2O2. The van der Waals surface area contributed by atoms with E-state index in [1.54, 1.807) is 6.92 Å². The van der Waals surface area contributed by atoms with E-state index in [-0.39, 0.29) is 18.9 Å². The lowest BCUT2D eigenvalue weighted by atomic mass is 9.90. The number of rotatable bonds is 6. The van der Waals surface area contributed by atoms with Crippen LogP contribution in [-0.4, -0.2) is 53.4 Å². The van der Waals surface area contributed by atoms with Gasteiger partial charge in [0.05, 0.1) is 5.92 Å². The average Bonchev–Trinajstić information content (AvgIpc) is 2.37. The second kappa shape index (κ2) is 6.96. The van der Waals surface area contributed by atoms with E-state index < -0.39 is 23.6 Å². The highest BCUT2D eigenvalue weighted by Crippen LogP contribution is 2.35. The molecule has 0 saturated carbocycles. The van der Waals surface area contributed by atoms with Crippen LogP contribution in [0.2, 0.25) is 0 Å². The first-order valence-electron chi connectivity index (χ1n) is 7.39. The van der Waals surface area contributed by atoms with Gasteiger partial charge in [-0.2, -0.15) is 13.2 Å². The fourth-order valence-corrected chi connectivity index (χ4v) is 3.01. The Morgan fingerprint density at radius 2 is 1.90 bits per heavy atom. The largest absolute Gasteiger partial charge is 0.480 e. The molecule has 4 nitrogen and oxygen atoms in total. The minimum atomic E-state index is -4.12. The Kier molecular flexibility index (Phi) is 6.04. The van der Waals surface area contributed by atoms with E-state index in [0.717, 1.165) is 0 Å². The molecule has 2 atom stereocenters. The summed E-state index contributed by atoms with van der Waals surface area (Å²) >= 11 is 0. The predicted molar refractivity (Wildman–Crippen MR) is 74.1 cm³/mol. The Bertz CT molecular complexity index is 355. The average molecular weight is 310 g/mol. The van der Waals surface area contributed by atoms with Gasteiger partial charge in [-0.1, -0.05) is 6.92 Å². The summed E-state index contributed by atoms with van der Waals surface area (Å²) in [5, 5.41) is 12.3. The third-order valence-corrected chi connectivity index (χ3v) is 4.36. The van der Waals surface area contributed by atoms with Crippen LogP contribution in [0.25, 0.3) is 0 Å². The van der Waals surface area contributed by atoms with E-state index >= 15 is 0 Å². The number of carboxylic acids is 1. The summed E-state index contributed by atoms with van der Waals surface area (Å²) in [6, 6.07) is -0.0701. The van der Waals surface area contributed by atoms with Crippen molar-refractivity contribution in [1.82, 2.24) is 10.2 Å². The van der Waals surface area contributed by atoms with Crippen LogP contribution in [-0.2, 0) is 4.79 Å². The van der Waals surface area contributed by atoms with Crippen molar-refractivity contribution in [3.63, 3.8) is 0 Å². The fraction of sp³-hybridized carbons (Fsp3) is 0.929. The van der Waals surface area contributed by atoms with Crippen LogP contribution in [0.1, 0.15) is 40.0 Å². The molecule has 0 aliphatic carbocycles. The third-order valence-electron chi connectivity index (χ3n) is 4.36. The lowest BCUT2D eigenvalue weighted by molar-refractivity contribution is -0.186. The summed E-state index contributed by atoms with van der Waals surface area (Å²) < 4.78 is 37.9. The smallest absolute Gasteiger partial charge is 0.391 e. The number of carbonyl (C=O) groups is 1. The summed E-state index contributed by atoms with van der Waals surface area (Å²) in [5.74, 6) is -2.15. The SMILES string of the molecule is CCNC(C)(CC(C)N1CCC(C(F)(F)F)CC1)C(=O)O. The molecule has 1 aliphatic rings. The molecule has 1 rings (SSSR count). The van der Waals surface area contributed by atoms with E-state index in [2.05, 4.69) is 5.32 Å². The Morgan fingerprint density at radius 1 is 1.38 bits per heavy atom. The molecule has 21 heavy (non-hydrogen) atoms. The van der Waals surface area contributed by atoms with Gasteiger partial charge in [0.25, 0.3) is 0 Å². The van der Waals surface area contributed by atoms with Gasteiger partial charge < -0.3 is 15.3 Å². The zero-order chi connectivity index (χ0) is 16.3. The van der Waals surface area contributed by atoms with Crippen molar-refractivity contribution in [3.05, 3.63) is 0 Å². The maximum Gasteiger partial charge on any atom is 0.391 e. The van der Waals surface area contributed by atoms with Gasteiger partial charge in [-0.05, 0) is 52.7 Å². The topological polar surface area (TPSA) is 52.6 Å². The number of halogens is 3. The van der Waals surface area contributed by atoms with Crippen molar-refractivity contribution in [2.75, 3.05) is 19.6 Å². The molecule has 7 heteroatoms. The van der Waals surface area contributed by atoms with Gasteiger partial charge in [0.1, 0.15) is 5.54 Å². The van der Waals surface area contributed by atoms with Gasteiger partial charge in [-0.15, -0.1) is 0 Å². The Balaban J connectivity index is 2.57. The molecule has 124 valence electrons. The molecule has 0 aromatic heterocycles. The molecule has 2 unspecified atom stereocenters. The summed E-state index contributed by atoms with van der Waals surface area (Å²) in [7, 11) is 0. The van der Waals surface area contributed by atoms with Gasteiger partial charge in [-0.25, -0.2) is 0 Å². The lowest BCUT2D eigenvalue weighted by Gasteiger charge is -2.39. The molecule has 1 saturated heterocycles. The third kappa shape index (κ3) is 4.85. The zero-order valence-electron chi connectivity index (χ0n) is 12.8. The van der Waals surface area contributed by atoms with Crippen molar-refractivity contribution in [2.24, 2.45) is 5.92 Å². The molecular weight excluding hydrogens is 285 g/mol. The number of carboxylic acid groups (broad SMARTS) is 1. The Labute approximate surface area is 123 Å². The van der Waals surface area contributed by atoms with E-state index in [4.69, 9.17) is 0 Å². The summed E-state index contributed by atoms with van der Waals surface area (Å²) in [6.07, 6.45) is -3.56. The number of hydrogen-bond acceptors (Lipinski definition) is 3. The summed E-state index contributed by atoms with van der Waals surface area (Å²) in [6.45, 7) is 6.61. The van der Waals surface area contributed by atoms with E-state index in [0.29, 0.717) is 26.1 Å². The van der Waals surface area contributed by atoms with Crippen molar-refractivity contribution in [1.29, 1.82) is 0 Å². The van der Waals surface area contributed by atoms with Crippen molar-refractivity contribution >= 4 is 5.97 Å². The minimum Gasteiger partial charge on any atom is -0.480 e. The molecule has 0 spiro atoms. The molecule has 0 amide bonds. The highest BCUT2D eigenvalue weighted by Gasteiger charge is 2.42. The van der Waals surface area contributed by atoms with Gasteiger partial charge in [0.15, 0.2) is 0 Å². The Hall–Kier alpha value is -0.820. The summed E-state index contributed by atoms with van der Waals surface area (Å²) in [5.41, 5.74) is -1.05. The number of aliphatic carboxylic acids is 1. The molecule has 1 aliphatic heterocycles. The molecule has 0 bridgehead atoms. The highest BCUT2D eigenvalue weighted by atomic mass is 19.4. The first-order valence-corrected chi connectivity index (χ1v) is 7.39. The van der Waals surface area contributed by atoms with Crippen molar-refractivity contribution in [3.8, 4) is 0 Å². The highest BCUT2D eigenvalue weighted by molar-refractivity contribution is 5.78. The number of nitrogens with one attached hydrogen (secondary N) is 1. The van der Waals surface area contributed by atoms with E-state index in [9.17, 15) is 23.1 Å². The predicted octanol–water partition coefficient (Wildman–Crippen LogP) is 2.49. The first-order chi connectivity index (χ1) is 9.60.